The van der Waals surface area contributed by atoms with Crippen molar-refractivity contribution in [3.05, 3.63) is 66.4 Å². The van der Waals surface area contributed by atoms with Gasteiger partial charge in [0.25, 0.3) is 0 Å². The molecule has 3 aromatic carbocycles. The van der Waals surface area contributed by atoms with Crippen LogP contribution in [0.15, 0.2) is 65.3 Å². The summed E-state index contributed by atoms with van der Waals surface area (Å²) in [6, 6.07) is 14.6. The van der Waals surface area contributed by atoms with Gasteiger partial charge in [-0.1, -0.05) is 23.4 Å². The van der Waals surface area contributed by atoms with E-state index in [4.69, 9.17) is 35.2 Å². The van der Waals surface area contributed by atoms with Gasteiger partial charge in [0.1, 0.15) is 17.5 Å². The fourth-order valence-corrected chi connectivity index (χ4v) is 4.28. The van der Waals surface area contributed by atoms with Crippen molar-refractivity contribution in [3.8, 4) is 51.2 Å². The number of halogens is 1. The maximum atomic E-state index is 13.1. The summed E-state index contributed by atoms with van der Waals surface area (Å²) in [5.74, 6) is 2.06. The Morgan fingerprint density at radius 2 is 1.59 bits per heavy atom. The summed E-state index contributed by atoms with van der Waals surface area (Å²) in [6.45, 7) is 0. The minimum Gasteiger partial charge on any atom is -0.508 e. The maximum absolute atomic E-state index is 13.1. The Hall–Kier alpha value is -4.41. The molecule has 0 aliphatic carbocycles. The quantitative estimate of drug-likeness (QED) is 0.219. The average Bonchev–Trinajstić information content (AvgIpc) is 3.46. The summed E-state index contributed by atoms with van der Waals surface area (Å²) in [5.41, 5.74) is 3.28. The number of aromatic hydroxyl groups is 1. The fraction of sp³-hybridized carbons (Fsp3) is 0.214. The molecule has 10 nitrogen and oxygen atoms in total. The number of rotatable bonds is 11. The third kappa shape index (κ3) is 6.02. The zero-order chi connectivity index (χ0) is 27.9. The van der Waals surface area contributed by atoms with E-state index in [2.05, 4.69) is 15.3 Å². The molecule has 1 unspecified atom stereocenters. The van der Waals surface area contributed by atoms with E-state index in [1.807, 2.05) is 6.07 Å². The van der Waals surface area contributed by atoms with E-state index >= 15 is 0 Å². The second-order valence-corrected chi connectivity index (χ2v) is 8.64. The first-order valence-corrected chi connectivity index (χ1v) is 12.2. The number of ether oxygens (including phenoxy) is 4. The number of amides is 1. The Morgan fingerprint density at radius 3 is 2.18 bits per heavy atom. The van der Waals surface area contributed by atoms with Gasteiger partial charge in [-0.05, 0) is 65.7 Å². The minimum atomic E-state index is -0.755. The van der Waals surface area contributed by atoms with E-state index in [1.54, 1.807) is 54.7 Å². The van der Waals surface area contributed by atoms with Gasteiger partial charge in [0.2, 0.25) is 11.7 Å². The van der Waals surface area contributed by atoms with Crippen LogP contribution in [0, 0.1) is 0 Å². The van der Waals surface area contributed by atoms with Crippen LogP contribution in [0.2, 0.25) is 0 Å². The molecule has 3 N–H and O–H groups in total. The molecule has 0 saturated carbocycles. The molecule has 0 fully saturated rings. The first kappa shape index (κ1) is 27.6. The number of hydrogen-bond donors (Lipinski definition) is 3. The molecule has 4 rings (SSSR count). The van der Waals surface area contributed by atoms with Crippen molar-refractivity contribution in [2.75, 3.05) is 33.8 Å². The van der Waals surface area contributed by atoms with Gasteiger partial charge in [-0.2, -0.15) is 0 Å². The predicted octanol–water partition coefficient (Wildman–Crippen LogP) is 5.04. The monoisotopic (exact) mass is 553 g/mol. The molecule has 0 saturated heterocycles. The molecule has 0 aliphatic rings. The van der Waals surface area contributed by atoms with E-state index < -0.39 is 6.04 Å². The Labute approximate surface area is 230 Å². The van der Waals surface area contributed by atoms with E-state index in [1.165, 1.54) is 28.4 Å². The SMILES string of the molecule is COc1ccc(-c2cnoc2-c2cc(OC)c(OC)c(OC)c2)cc1NC(=O)C(Cc1ccc(O)cc1)NCl. The minimum absolute atomic E-state index is 0.139. The number of carbonyl (C=O) groups excluding carboxylic acids is 1. The Bertz CT molecular complexity index is 1410. The molecule has 0 radical (unpaired) electrons. The van der Waals surface area contributed by atoms with Crippen molar-refractivity contribution >= 4 is 23.4 Å². The van der Waals surface area contributed by atoms with Crippen LogP contribution in [0.3, 0.4) is 0 Å². The molecule has 11 heteroatoms. The van der Waals surface area contributed by atoms with Crippen molar-refractivity contribution < 1.29 is 33.4 Å². The Balaban J connectivity index is 1.66. The van der Waals surface area contributed by atoms with E-state index in [0.717, 1.165) is 5.56 Å². The lowest BCUT2D eigenvalue weighted by molar-refractivity contribution is -0.117. The van der Waals surface area contributed by atoms with E-state index in [9.17, 15) is 9.90 Å². The summed E-state index contributed by atoms with van der Waals surface area (Å²) >= 11 is 5.91. The molecule has 0 spiro atoms. The van der Waals surface area contributed by atoms with Gasteiger partial charge in [-0.15, -0.1) is 0 Å². The summed E-state index contributed by atoms with van der Waals surface area (Å²) in [4.78, 5) is 15.7. The average molecular weight is 554 g/mol. The van der Waals surface area contributed by atoms with Crippen LogP contribution in [0.25, 0.3) is 22.5 Å². The molecule has 1 atom stereocenters. The number of benzene rings is 3. The molecule has 39 heavy (non-hydrogen) atoms. The second-order valence-electron chi connectivity index (χ2n) is 8.42. The molecule has 0 bridgehead atoms. The number of phenols is 1. The summed E-state index contributed by atoms with van der Waals surface area (Å²) in [6.07, 6.45) is 1.88. The normalized spacial score (nSPS) is 11.5. The van der Waals surface area contributed by atoms with Crippen LogP contribution >= 0.6 is 11.8 Å². The van der Waals surface area contributed by atoms with Gasteiger partial charge in [-0.25, -0.2) is 4.84 Å². The molecule has 1 heterocycles. The third-order valence-corrected chi connectivity index (χ3v) is 6.35. The van der Waals surface area contributed by atoms with Gasteiger partial charge >= 0.3 is 0 Å². The summed E-state index contributed by atoms with van der Waals surface area (Å²) in [7, 11) is 6.11. The first-order valence-electron chi connectivity index (χ1n) is 11.8. The number of hydrogen-bond acceptors (Lipinski definition) is 9. The largest absolute Gasteiger partial charge is 0.508 e. The lowest BCUT2D eigenvalue weighted by atomic mass is 10.0. The van der Waals surface area contributed by atoms with Crippen LogP contribution in [-0.4, -0.2) is 50.7 Å². The fourth-order valence-electron chi connectivity index (χ4n) is 4.11. The zero-order valence-corrected chi connectivity index (χ0v) is 22.5. The van der Waals surface area contributed by atoms with Crippen molar-refractivity contribution in [2.24, 2.45) is 0 Å². The van der Waals surface area contributed by atoms with E-state index in [0.29, 0.717) is 57.6 Å². The van der Waals surface area contributed by atoms with Crippen LogP contribution < -0.4 is 29.1 Å². The lowest BCUT2D eigenvalue weighted by Crippen LogP contribution is -2.37. The van der Waals surface area contributed by atoms with Crippen LogP contribution in [-0.2, 0) is 11.2 Å². The second kappa shape index (κ2) is 12.4. The molecule has 1 aromatic heterocycles. The lowest BCUT2D eigenvalue weighted by Gasteiger charge is -2.17. The highest BCUT2D eigenvalue weighted by Gasteiger charge is 2.22. The highest BCUT2D eigenvalue weighted by Crippen LogP contribution is 2.44. The number of methoxy groups -OCH3 is 4. The van der Waals surface area contributed by atoms with E-state index in [-0.39, 0.29) is 11.7 Å². The van der Waals surface area contributed by atoms with Crippen molar-refractivity contribution in [2.45, 2.75) is 12.5 Å². The third-order valence-electron chi connectivity index (χ3n) is 6.09. The molecular formula is C28H28ClN3O7. The smallest absolute Gasteiger partial charge is 0.243 e. The van der Waals surface area contributed by atoms with Gasteiger partial charge < -0.3 is 33.9 Å². The summed E-state index contributed by atoms with van der Waals surface area (Å²) < 4.78 is 27.5. The zero-order valence-electron chi connectivity index (χ0n) is 21.8. The number of phenolic OH excluding ortho intramolecular Hbond substituents is 1. The summed E-state index contributed by atoms with van der Waals surface area (Å²) in [5, 5.41) is 16.4. The van der Waals surface area contributed by atoms with Gasteiger partial charge in [0.05, 0.1) is 40.3 Å². The van der Waals surface area contributed by atoms with Crippen molar-refractivity contribution in [1.29, 1.82) is 0 Å². The number of aromatic nitrogens is 1. The highest BCUT2D eigenvalue weighted by molar-refractivity contribution is 6.15. The number of anilines is 1. The maximum Gasteiger partial charge on any atom is 0.243 e. The first-order chi connectivity index (χ1) is 18.9. The van der Waals surface area contributed by atoms with Gasteiger partial charge in [0.15, 0.2) is 17.3 Å². The Kier molecular flexibility index (Phi) is 8.80. The van der Waals surface area contributed by atoms with Gasteiger partial charge in [-0.3, -0.25) is 4.79 Å². The van der Waals surface area contributed by atoms with Crippen molar-refractivity contribution in [3.63, 3.8) is 0 Å². The standard InChI is InChI=1S/C28H28ClN3O7/c1-35-23-10-7-17(12-21(23)31-28(34)22(32-29)11-16-5-8-19(33)9-6-16)20-15-30-39-26(20)18-13-24(36-2)27(38-4)25(14-18)37-3/h5-10,12-15,22,32-33H,11H2,1-4H3,(H,31,34). The predicted molar refractivity (Wildman–Crippen MR) is 147 cm³/mol. The highest BCUT2D eigenvalue weighted by atomic mass is 35.5. The Morgan fingerprint density at radius 1 is 0.923 bits per heavy atom. The molecular weight excluding hydrogens is 526 g/mol. The van der Waals surface area contributed by atoms with Gasteiger partial charge in [0, 0.05) is 11.1 Å². The molecule has 1 amide bonds. The van der Waals surface area contributed by atoms with Crippen LogP contribution in [0.5, 0.6) is 28.7 Å². The van der Waals surface area contributed by atoms with Crippen molar-refractivity contribution in [1.82, 2.24) is 9.99 Å². The number of carbonyl (C=O) groups is 1. The molecule has 204 valence electrons. The number of nitrogens with zero attached hydrogens (tertiary/aromatic N) is 1. The molecule has 4 aromatic rings. The van der Waals surface area contributed by atoms with Crippen LogP contribution in [0.4, 0.5) is 5.69 Å². The number of nitrogens with one attached hydrogen (secondary N) is 2. The molecule has 0 aliphatic heterocycles. The topological polar surface area (TPSA) is 124 Å². The van der Waals surface area contributed by atoms with Crippen LogP contribution in [0.1, 0.15) is 5.56 Å².